The van der Waals surface area contributed by atoms with E-state index in [2.05, 4.69) is 36.1 Å². The molecule has 4 aromatic rings. The second kappa shape index (κ2) is 11.4. The SMILES string of the molecule is Cc1nc2c(F)cc(-c3nc(Nc4ccc5c(n4)CCN(C4CCN(CCF)CC4)C5)ncc3F)cc2n1C(C)C. The lowest BCUT2D eigenvalue weighted by molar-refractivity contribution is 0.0945. The number of aromatic nitrogens is 5. The van der Waals surface area contributed by atoms with Crippen LogP contribution < -0.4 is 5.32 Å². The Morgan fingerprint density at radius 1 is 1.02 bits per heavy atom. The smallest absolute Gasteiger partial charge is 0.229 e. The van der Waals surface area contributed by atoms with Gasteiger partial charge in [-0.1, -0.05) is 6.07 Å². The van der Waals surface area contributed by atoms with Gasteiger partial charge in [0.15, 0.2) is 11.6 Å². The van der Waals surface area contributed by atoms with Crippen LogP contribution in [0.4, 0.5) is 24.9 Å². The summed E-state index contributed by atoms with van der Waals surface area (Å²) in [5.74, 6) is 0.279. The van der Waals surface area contributed by atoms with Crippen LogP contribution in [0.3, 0.4) is 0 Å². The van der Waals surface area contributed by atoms with Crippen LogP contribution in [-0.4, -0.2) is 73.2 Å². The Morgan fingerprint density at radius 3 is 2.59 bits per heavy atom. The number of halogens is 3. The fourth-order valence-corrected chi connectivity index (χ4v) is 6.25. The van der Waals surface area contributed by atoms with E-state index in [0.717, 1.165) is 57.3 Å². The van der Waals surface area contributed by atoms with E-state index in [1.807, 2.05) is 31.4 Å². The molecule has 0 unspecified atom stereocenters. The molecule has 11 heteroatoms. The van der Waals surface area contributed by atoms with Gasteiger partial charge in [-0.15, -0.1) is 0 Å². The van der Waals surface area contributed by atoms with Crippen LogP contribution in [0.15, 0.2) is 30.5 Å². The Balaban J connectivity index is 1.20. The lowest BCUT2D eigenvalue weighted by atomic mass is 9.98. The van der Waals surface area contributed by atoms with E-state index < -0.39 is 11.6 Å². The van der Waals surface area contributed by atoms with Gasteiger partial charge in [-0.25, -0.2) is 33.1 Å². The van der Waals surface area contributed by atoms with Crippen LogP contribution >= 0.6 is 0 Å². The largest absolute Gasteiger partial charge is 0.326 e. The quantitative estimate of drug-likeness (QED) is 0.314. The van der Waals surface area contributed by atoms with E-state index in [1.54, 1.807) is 6.07 Å². The molecule has 0 spiro atoms. The van der Waals surface area contributed by atoms with Crippen molar-refractivity contribution in [3.05, 3.63) is 59.2 Å². The normalized spacial score (nSPS) is 17.0. The summed E-state index contributed by atoms with van der Waals surface area (Å²) in [4.78, 5) is 22.4. The summed E-state index contributed by atoms with van der Waals surface area (Å²) in [7, 11) is 0. The second-order valence-electron chi connectivity index (χ2n) is 11.2. The van der Waals surface area contributed by atoms with Crippen molar-refractivity contribution in [3.63, 3.8) is 0 Å². The molecule has 2 aliphatic rings. The molecule has 6 rings (SSSR count). The molecule has 1 N–H and O–H groups in total. The van der Waals surface area contributed by atoms with E-state index in [9.17, 15) is 8.78 Å². The van der Waals surface area contributed by atoms with Gasteiger partial charge in [0.05, 0.1) is 11.7 Å². The average Bonchev–Trinajstić information content (AvgIpc) is 3.31. The minimum absolute atomic E-state index is 0.00335. The zero-order valence-electron chi connectivity index (χ0n) is 23.7. The van der Waals surface area contributed by atoms with E-state index in [4.69, 9.17) is 4.98 Å². The Bertz CT molecular complexity index is 1560. The maximum absolute atomic E-state index is 15.0. The predicted octanol–water partition coefficient (Wildman–Crippen LogP) is 5.59. The summed E-state index contributed by atoms with van der Waals surface area (Å²) >= 11 is 0. The minimum atomic E-state index is -0.643. The maximum Gasteiger partial charge on any atom is 0.229 e. The van der Waals surface area contributed by atoms with Crippen molar-refractivity contribution in [2.75, 3.05) is 38.2 Å². The molecular weight excluding hydrogens is 529 g/mol. The molecule has 1 fully saturated rings. The molecule has 216 valence electrons. The number of rotatable bonds is 7. The van der Waals surface area contributed by atoms with Gasteiger partial charge in [0.25, 0.3) is 0 Å². The molecule has 0 aliphatic carbocycles. The number of alkyl halides is 1. The molecule has 0 atom stereocenters. The molecule has 0 bridgehead atoms. The number of nitrogens with zero attached hydrogens (tertiary/aromatic N) is 7. The zero-order valence-corrected chi connectivity index (χ0v) is 23.7. The molecule has 5 heterocycles. The standard InChI is InChI=1S/C30H35F3N8/c1-18(2)41-19(3)35-29-23(32)14-21(15-26(29)41)28-24(33)16-34-30(38-28)37-27-5-4-20-17-40(12-8-25(20)36-27)22-6-10-39(11-7-22)13-9-31/h4-5,14-16,18,22H,6-13,17H2,1-3H3,(H,34,36,37,38). The fourth-order valence-electron chi connectivity index (χ4n) is 6.25. The lowest BCUT2D eigenvalue weighted by Crippen LogP contribution is -2.47. The third-order valence-corrected chi connectivity index (χ3v) is 8.25. The van der Waals surface area contributed by atoms with Crippen LogP contribution in [0.5, 0.6) is 0 Å². The number of nitrogens with one attached hydrogen (secondary N) is 1. The molecule has 41 heavy (non-hydrogen) atoms. The van der Waals surface area contributed by atoms with E-state index in [1.165, 1.54) is 11.6 Å². The van der Waals surface area contributed by atoms with Crippen LogP contribution in [0.1, 0.15) is 49.8 Å². The first-order valence-corrected chi connectivity index (χ1v) is 14.3. The summed E-state index contributed by atoms with van der Waals surface area (Å²) in [5, 5.41) is 3.11. The average molecular weight is 565 g/mol. The Morgan fingerprint density at radius 2 is 1.83 bits per heavy atom. The van der Waals surface area contributed by atoms with Crippen molar-refractivity contribution < 1.29 is 13.2 Å². The monoisotopic (exact) mass is 564 g/mol. The van der Waals surface area contributed by atoms with Crippen LogP contribution in [0, 0.1) is 18.6 Å². The summed E-state index contributed by atoms with van der Waals surface area (Å²) < 4.78 is 44.6. The molecule has 0 amide bonds. The number of anilines is 2. The fraction of sp³-hybridized carbons (Fsp3) is 0.467. The molecule has 0 radical (unpaired) electrons. The molecule has 0 saturated carbocycles. The first-order chi connectivity index (χ1) is 19.8. The molecule has 1 saturated heterocycles. The van der Waals surface area contributed by atoms with Gasteiger partial charge < -0.3 is 14.8 Å². The number of piperidine rings is 1. The highest BCUT2D eigenvalue weighted by molar-refractivity contribution is 5.83. The predicted molar refractivity (Wildman–Crippen MR) is 153 cm³/mol. The zero-order chi connectivity index (χ0) is 28.7. The van der Waals surface area contributed by atoms with Crippen LogP contribution in [-0.2, 0) is 13.0 Å². The summed E-state index contributed by atoms with van der Waals surface area (Å²) in [6.07, 6.45) is 4.03. The first kappa shape index (κ1) is 27.6. The summed E-state index contributed by atoms with van der Waals surface area (Å²) in [6, 6.07) is 7.51. The van der Waals surface area contributed by atoms with Crippen molar-refractivity contribution in [1.29, 1.82) is 0 Å². The number of fused-ring (bicyclic) bond motifs is 2. The first-order valence-electron chi connectivity index (χ1n) is 14.3. The van der Waals surface area contributed by atoms with Gasteiger partial charge in [-0.2, -0.15) is 0 Å². The lowest BCUT2D eigenvalue weighted by Gasteiger charge is -2.40. The number of benzene rings is 1. The Labute approximate surface area is 237 Å². The van der Waals surface area contributed by atoms with E-state index in [-0.39, 0.29) is 29.9 Å². The number of pyridine rings is 1. The molecule has 1 aromatic carbocycles. The second-order valence-corrected chi connectivity index (χ2v) is 11.2. The summed E-state index contributed by atoms with van der Waals surface area (Å²) in [5.41, 5.74) is 3.38. The maximum atomic E-state index is 15.0. The minimum Gasteiger partial charge on any atom is -0.326 e. The Kier molecular flexibility index (Phi) is 7.65. The van der Waals surface area contributed by atoms with Gasteiger partial charge in [0, 0.05) is 49.4 Å². The molecule has 2 aliphatic heterocycles. The highest BCUT2D eigenvalue weighted by Gasteiger charge is 2.28. The van der Waals surface area contributed by atoms with Crippen LogP contribution in [0.2, 0.25) is 0 Å². The number of hydrogen-bond acceptors (Lipinski definition) is 7. The molecular formula is C30H35F3N8. The highest BCUT2D eigenvalue weighted by atomic mass is 19.1. The topological polar surface area (TPSA) is 75.0 Å². The number of likely N-dealkylation sites (tertiary alicyclic amines) is 1. The van der Waals surface area contributed by atoms with Gasteiger partial charge in [0.1, 0.15) is 29.5 Å². The van der Waals surface area contributed by atoms with E-state index >= 15 is 4.39 Å². The van der Waals surface area contributed by atoms with Crippen molar-refractivity contribution in [1.82, 2.24) is 34.3 Å². The number of hydrogen-bond donors (Lipinski definition) is 1. The van der Waals surface area contributed by atoms with Gasteiger partial charge in [-0.3, -0.25) is 4.90 Å². The third-order valence-electron chi connectivity index (χ3n) is 8.25. The highest BCUT2D eigenvalue weighted by Crippen LogP contribution is 2.31. The van der Waals surface area contributed by atoms with Crippen molar-refractivity contribution in [2.24, 2.45) is 0 Å². The van der Waals surface area contributed by atoms with Crippen molar-refractivity contribution >= 4 is 22.8 Å². The summed E-state index contributed by atoms with van der Waals surface area (Å²) in [6.45, 7) is 9.72. The third kappa shape index (κ3) is 5.52. The van der Waals surface area contributed by atoms with Gasteiger partial charge in [0.2, 0.25) is 5.95 Å². The number of aryl methyl sites for hydroxylation is 1. The number of imidazole rings is 1. The van der Waals surface area contributed by atoms with Crippen molar-refractivity contribution in [2.45, 2.75) is 58.7 Å². The van der Waals surface area contributed by atoms with E-state index in [0.29, 0.717) is 35.3 Å². The Hall–Kier alpha value is -3.57. The van der Waals surface area contributed by atoms with Gasteiger partial charge >= 0.3 is 0 Å². The molecule has 8 nitrogen and oxygen atoms in total. The van der Waals surface area contributed by atoms with Crippen molar-refractivity contribution in [3.8, 4) is 11.3 Å². The van der Waals surface area contributed by atoms with Crippen LogP contribution in [0.25, 0.3) is 22.3 Å². The molecule has 3 aromatic heterocycles. The van der Waals surface area contributed by atoms with Gasteiger partial charge in [-0.05, 0) is 70.5 Å².